The molecule has 0 bridgehead atoms. The van der Waals surface area contributed by atoms with Crippen LogP contribution in [-0.4, -0.2) is 23.9 Å². The summed E-state index contributed by atoms with van der Waals surface area (Å²) in [5.41, 5.74) is 6.98. The van der Waals surface area contributed by atoms with Crippen LogP contribution in [-0.2, 0) is 0 Å². The van der Waals surface area contributed by atoms with Crippen LogP contribution in [0.3, 0.4) is 0 Å². The number of nitrogens with zero attached hydrogens (tertiary/aromatic N) is 2. The van der Waals surface area contributed by atoms with Crippen molar-refractivity contribution in [3.8, 4) is 0 Å². The first-order valence-electron chi connectivity index (χ1n) is 6.43. The van der Waals surface area contributed by atoms with Gasteiger partial charge in [0, 0.05) is 13.1 Å². The Hall–Kier alpha value is -1.51. The number of aliphatic imine (C=N–C) groups is 1. The standard InChI is InChI=1S/C14H21N3/c1-2-12-8-10-17(11-9-12)14(15)16-13-6-4-3-5-7-13/h3-7,12H,2,8-11H2,1H3,(H2,15,16). The number of hydrogen-bond acceptors (Lipinski definition) is 1. The predicted molar refractivity (Wildman–Crippen MR) is 72.3 cm³/mol. The molecule has 1 heterocycles. The first-order chi connectivity index (χ1) is 8.29. The molecule has 1 aliphatic rings. The first kappa shape index (κ1) is 12.0. The second-order valence-electron chi connectivity index (χ2n) is 4.64. The van der Waals surface area contributed by atoms with Gasteiger partial charge in [-0.3, -0.25) is 0 Å². The van der Waals surface area contributed by atoms with Gasteiger partial charge in [0.05, 0.1) is 5.69 Å². The van der Waals surface area contributed by atoms with Crippen molar-refractivity contribution in [2.75, 3.05) is 13.1 Å². The lowest BCUT2D eigenvalue weighted by Gasteiger charge is -2.32. The smallest absolute Gasteiger partial charge is 0.196 e. The maximum atomic E-state index is 6.04. The highest BCUT2D eigenvalue weighted by Gasteiger charge is 2.18. The van der Waals surface area contributed by atoms with E-state index in [0.717, 1.165) is 24.7 Å². The Morgan fingerprint density at radius 2 is 1.94 bits per heavy atom. The van der Waals surface area contributed by atoms with Crippen molar-refractivity contribution in [1.29, 1.82) is 0 Å². The van der Waals surface area contributed by atoms with Gasteiger partial charge in [-0.15, -0.1) is 0 Å². The van der Waals surface area contributed by atoms with Gasteiger partial charge < -0.3 is 10.6 Å². The summed E-state index contributed by atoms with van der Waals surface area (Å²) >= 11 is 0. The maximum Gasteiger partial charge on any atom is 0.196 e. The maximum absolute atomic E-state index is 6.04. The van der Waals surface area contributed by atoms with E-state index in [4.69, 9.17) is 5.73 Å². The molecule has 1 aliphatic heterocycles. The van der Waals surface area contributed by atoms with Gasteiger partial charge in [-0.2, -0.15) is 0 Å². The first-order valence-corrected chi connectivity index (χ1v) is 6.43. The molecule has 0 atom stereocenters. The van der Waals surface area contributed by atoms with Gasteiger partial charge in [0.2, 0.25) is 0 Å². The molecule has 92 valence electrons. The Balaban J connectivity index is 1.97. The monoisotopic (exact) mass is 231 g/mol. The fourth-order valence-electron chi connectivity index (χ4n) is 2.28. The summed E-state index contributed by atoms with van der Waals surface area (Å²) < 4.78 is 0. The van der Waals surface area contributed by atoms with Gasteiger partial charge in [0.25, 0.3) is 0 Å². The zero-order valence-corrected chi connectivity index (χ0v) is 10.5. The Kier molecular flexibility index (Phi) is 4.02. The summed E-state index contributed by atoms with van der Waals surface area (Å²) in [5, 5.41) is 0. The lowest BCUT2D eigenvalue weighted by atomic mass is 9.95. The van der Waals surface area contributed by atoms with E-state index in [0.29, 0.717) is 5.96 Å². The minimum atomic E-state index is 0.658. The summed E-state index contributed by atoms with van der Waals surface area (Å²) in [7, 11) is 0. The SMILES string of the molecule is CCC1CCN(C(N)=Nc2ccccc2)CC1. The van der Waals surface area contributed by atoms with Crippen LogP contribution in [0.5, 0.6) is 0 Å². The van der Waals surface area contributed by atoms with Crippen molar-refractivity contribution < 1.29 is 0 Å². The van der Waals surface area contributed by atoms with E-state index in [9.17, 15) is 0 Å². The highest BCUT2D eigenvalue weighted by Crippen LogP contribution is 2.20. The molecule has 17 heavy (non-hydrogen) atoms. The fraction of sp³-hybridized carbons (Fsp3) is 0.500. The highest BCUT2D eigenvalue weighted by atomic mass is 15.3. The summed E-state index contributed by atoms with van der Waals surface area (Å²) in [6.07, 6.45) is 3.76. The van der Waals surface area contributed by atoms with Gasteiger partial charge in [-0.05, 0) is 30.9 Å². The van der Waals surface area contributed by atoms with Crippen LogP contribution in [0, 0.1) is 5.92 Å². The number of benzene rings is 1. The molecule has 0 radical (unpaired) electrons. The molecule has 2 rings (SSSR count). The molecule has 0 unspecified atom stereocenters. The summed E-state index contributed by atoms with van der Waals surface area (Å²) in [6, 6.07) is 9.91. The van der Waals surface area contributed by atoms with Gasteiger partial charge in [0.15, 0.2) is 5.96 Å². The van der Waals surface area contributed by atoms with E-state index >= 15 is 0 Å². The van der Waals surface area contributed by atoms with Crippen molar-refractivity contribution in [2.45, 2.75) is 26.2 Å². The van der Waals surface area contributed by atoms with Crippen LogP contribution in [0.15, 0.2) is 35.3 Å². The number of nitrogens with two attached hydrogens (primary N) is 1. The Bertz CT molecular complexity index is 364. The fourth-order valence-corrected chi connectivity index (χ4v) is 2.28. The number of hydrogen-bond donors (Lipinski definition) is 1. The van der Waals surface area contributed by atoms with Crippen LogP contribution >= 0.6 is 0 Å². The van der Waals surface area contributed by atoms with Crippen molar-refractivity contribution in [3.63, 3.8) is 0 Å². The normalized spacial score (nSPS) is 18.4. The number of guanidine groups is 1. The van der Waals surface area contributed by atoms with Gasteiger partial charge in [0.1, 0.15) is 0 Å². The second-order valence-corrected chi connectivity index (χ2v) is 4.64. The van der Waals surface area contributed by atoms with Crippen molar-refractivity contribution in [1.82, 2.24) is 4.90 Å². The minimum Gasteiger partial charge on any atom is -0.369 e. The van der Waals surface area contributed by atoms with Crippen LogP contribution in [0.2, 0.25) is 0 Å². The summed E-state index contributed by atoms with van der Waals surface area (Å²) in [6.45, 7) is 4.35. The molecule has 1 saturated heterocycles. The van der Waals surface area contributed by atoms with E-state index in [1.54, 1.807) is 0 Å². The number of para-hydroxylation sites is 1. The number of likely N-dealkylation sites (tertiary alicyclic amines) is 1. The number of rotatable bonds is 2. The molecule has 0 aromatic heterocycles. The Morgan fingerprint density at radius 1 is 1.29 bits per heavy atom. The van der Waals surface area contributed by atoms with E-state index in [1.165, 1.54) is 19.3 Å². The minimum absolute atomic E-state index is 0.658. The lowest BCUT2D eigenvalue weighted by molar-refractivity contribution is 0.259. The van der Waals surface area contributed by atoms with Gasteiger partial charge >= 0.3 is 0 Å². The molecule has 0 spiro atoms. The van der Waals surface area contributed by atoms with E-state index in [2.05, 4.69) is 16.8 Å². The average molecular weight is 231 g/mol. The zero-order chi connectivity index (χ0) is 12.1. The molecule has 3 nitrogen and oxygen atoms in total. The third-order valence-corrected chi connectivity index (χ3v) is 3.52. The zero-order valence-electron chi connectivity index (χ0n) is 10.5. The molecule has 2 N–H and O–H groups in total. The van der Waals surface area contributed by atoms with Crippen molar-refractivity contribution in [2.24, 2.45) is 16.6 Å². The van der Waals surface area contributed by atoms with E-state index in [-0.39, 0.29) is 0 Å². The predicted octanol–water partition coefficient (Wildman–Crippen LogP) is 2.75. The third-order valence-electron chi connectivity index (χ3n) is 3.52. The molecule has 1 fully saturated rings. The van der Waals surface area contributed by atoms with Crippen LogP contribution < -0.4 is 5.73 Å². The topological polar surface area (TPSA) is 41.6 Å². The Labute approximate surface area is 103 Å². The van der Waals surface area contributed by atoms with Crippen molar-refractivity contribution >= 4 is 11.6 Å². The van der Waals surface area contributed by atoms with Crippen molar-refractivity contribution in [3.05, 3.63) is 30.3 Å². The molecule has 3 heteroatoms. The largest absolute Gasteiger partial charge is 0.369 e. The Morgan fingerprint density at radius 3 is 2.53 bits per heavy atom. The average Bonchev–Trinajstić information content (AvgIpc) is 2.40. The molecule has 1 aromatic carbocycles. The highest BCUT2D eigenvalue weighted by molar-refractivity contribution is 5.81. The van der Waals surface area contributed by atoms with E-state index < -0.39 is 0 Å². The molecular weight excluding hydrogens is 210 g/mol. The summed E-state index contributed by atoms with van der Waals surface area (Å²) in [4.78, 5) is 6.65. The molecule has 0 amide bonds. The second kappa shape index (κ2) is 5.71. The summed E-state index contributed by atoms with van der Waals surface area (Å²) in [5.74, 6) is 1.53. The molecule has 1 aromatic rings. The van der Waals surface area contributed by atoms with Gasteiger partial charge in [-0.1, -0.05) is 31.5 Å². The molecule has 0 aliphatic carbocycles. The number of piperidine rings is 1. The molecular formula is C14H21N3. The van der Waals surface area contributed by atoms with E-state index in [1.807, 2.05) is 30.3 Å². The van der Waals surface area contributed by atoms with Gasteiger partial charge in [-0.25, -0.2) is 4.99 Å². The van der Waals surface area contributed by atoms with Crippen LogP contribution in [0.25, 0.3) is 0 Å². The third kappa shape index (κ3) is 3.22. The molecule has 0 saturated carbocycles. The van der Waals surface area contributed by atoms with Crippen LogP contribution in [0.1, 0.15) is 26.2 Å². The van der Waals surface area contributed by atoms with Crippen LogP contribution in [0.4, 0.5) is 5.69 Å². The quantitative estimate of drug-likeness (QED) is 0.628. The lowest BCUT2D eigenvalue weighted by Crippen LogP contribution is -2.42.